The number of aromatic nitrogens is 3. The van der Waals surface area contributed by atoms with Crippen molar-refractivity contribution < 1.29 is 0 Å². The normalized spacial score (nSPS) is 10.1. The quantitative estimate of drug-likeness (QED) is 0.431. The molecule has 3 rings (SSSR count). The molecule has 0 saturated heterocycles. The van der Waals surface area contributed by atoms with Crippen LogP contribution in [0.15, 0.2) is 49.3 Å². The van der Waals surface area contributed by atoms with Crippen LogP contribution in [-0.4, -0.2) is 14.5 Å². The second kappa shape index (κ2) is 13.9. The third-order valence-electron chi connectivity index (χ3n) is 5.18. The molecule has 3 heterocycles. The first-order chi connectivity index (χ1) is 15.6. The van der Waals surface area contributed by atoms with Crippen LogP contribution in [0.25, 0.3) is 0 Å². The molecule has 3 aromatic heterocycles. The second-order valence-corrected chi connectivity index (χ2v) is 8.90. The molecule has 5 nitrogen and oxygen atoms in total. The van der Waals surface area contributed by atoms with E-state index in [1.165, 1.54) is 11.1 Å². The van der Waals surface area contributed by atoms with Gasteiger partial charge in [0.15, 0.2) is 0 Å². The Morgan fingerprint density at radius 1 is 0.818 bits per heavy atom. The number of aryl methyl sites for hydroxylation is 2. The minimum atomic E-state index is 0.396. The summed E-state index contributed by atoms with van der Waals surface area (Å²) in [5.74, 6) is 1.42. The standard InChI is InChI=1S/C10H14N2.C9H10N2.C9H13N/c1-4-12-6-9(5-11)10(7-12)8(2)3;1-7(2)9-3-4-11-6-8(9)5-10;1-7(2)9-4-8(3)5-10-6-9/h6-8H,4H2,1-3H3;3-4,6-7H,1-2H3;4-7H,1-3H3. The van der Waals surface area contributed by atoms with E-state index in [4.69, 9.17) is 10.5 Å². The summed E-state index contributed by atoms with van der Waals surface area (Å²) < 4.78 is 2.05. The lowest BCUT2D eigenvalue weighted by molar-refractivity contribution is 0.758. The first-order valence-electron chi connectivity index (χ1n) is 11.5. The Hall–Kier alpha value is -3.44. The predicted octanol–water partition coefficient (Wildman–Crippen LogP) is 7.09. The summed E-state index contributed by atoms with van der Waals surface area (Å²) in [7, 11) is 0. The van der Waals surface area contributed by atoms with E-state index in [9.17, 15) is 0 Å². The molecule has 0 aliphatic heterocycles. The summed E-state index contributed by atoms with van der Waals surface area (Å²) in [6.07, 6.45) is 11.1. The highest BCUT2D eigenvalue weighted by Gasteiger charge is 2.08. The fourth-order valence-electron chi connectivity index (χ4n) is 3.16. The molecule has 0 aliphatic rings. The van der Waals surface area contributed by atoms with Gasteiger partial charge >= 0.3 is 0 Å². The van der Waals surface area contributed by atoms with E-state index in [-0.39, 0.29) is 0 Å². The van der Waals surface area contributed by atoms with Crippen LogP contribution in [0.2, 0.25) is 0 Å². The molecule has 0 amide bonds. The fourth-order valence-corrected chi connectivity index (χ4v) is 3.16. The highest BCUT2D eigenvalue weighted by molar-refractivity contribution is 5.38. The van der Waals surface area contributed by atoms with Crippen LogP contribution in [0.3, 0.4) is 0 Å². The average Bonchev–Trinajstić information content (AvgIpc) is 3.24. The Bertz CT molecular complexity index is 1080. The van der Waals surface area contributed by atoms with Gasteiger partial charge in [0.2, 0.25) is 0 Å². The van der Waals surface area contributed by atoms with Crippen LogP contribution in [0.1, 0.15) is 99.6 Å². The molecule has 0 aromatic carbocycles. The molecule has 0 bridgehead atoms. The zero-order chi connectivity index (χ0) is 25.0. The molecule has 0 aliphatic carbocycles. The van der Waals surface area contributed by atoms with Crippen LogP contribution in [0.5, 0.6) is 0 Å². The maximum Gasteiger partial charge on any atom is 0.101 e. The van der Waals surface area contributed by atoms with Crippen LogP contribution in [0.4, 0.5) is 0 Å². The Labute approximate surface area is 199 Å². The van der Waals surface area contributed by atoms with Gasteiger partial charge in [0.05, 0.1) is 11.1 Å². The number of hydrogen-bond acceptors (Lipinski definition) is 4. The highest BCUT2D eigenvalue weighted by atomic mass is 14.9. The van der Waals surface area contributed by atoms with Gasteiger partial charge in [-0.2, -0.15) is 10.5 Å². The van der Waals surface area contributed by atoms with Crippen LogP contribution in [-0.2, 0) is 6.54 Å². The first-order valence-corrected chi connectivity index (χ1v) is 11.5. The number of hydrogen-bond donors (Lipinski definition) is 0. The molecule has 3 aromatic rings. The van der Waals surface area contributed by atoms with Crippen molar-refractivity contribution in [3.63, 3.8) is 0 Å². The topological polar surface area (TPSA) is 78.3 Å². The SMILES string of the molecule is CC(C)c1ccncc1C#N.CCn1cc(C#N)c(C(C)C)c1.Cc1cncc(C(C)C)c1. The zero-order valence-corrected chi connectivity index (χ0v) is 21.3. The van der Waals surface area contributed by atoms with Crippen LogP contribution in [0, 0.1) is 29.6 Å². The molecule has 174 valence electrons. The molecule has 0 atom stereocenters. The van der Waals surface area contributed by atoms with Crippen molar-refractivity contribution in [2.75, 3.05) is 0 Å². The number of nitriles is 2. The van der Waals surface area contributed by atoms with E-state index in [0.717, 1.165) is 23.2 Å². The molecule has 0 spiro atoms. The van der Waals surface area contributed by atoms with Crippen molar-refractivity contribution in [1.29, 1.82) is 10.5 Å². The molecule has 5 heteroatoms. The summed E-state index contributed by atoms with van der Waals surface area (Å²) in [5, 5.41) is 17.5. The Kier molecular flexibility index (Phi) is 11.6. The molecule has 0 radical (unpaired) electrons. The van der Waals surface area contributed by atoms with E-state index in [0.29, 0.717) is 23.3 Å². The number of pyridine rings is 2. The average molecular weight is 444 g/mol. The largest absolute Gasteiger partial charge is 0.353 e. The van der Waals surface area contributed by atoms with Crippen LogP contribution >= 0.6 is 0 Å². The van der Waals surface area contributed by atoms with E-state index < -0.39 is 0 Å². The van der Waals surface area contributed by atoms with Crippen molar-refractivity contribution in [3.05, 3.63) is 82.7 Å². The molecule has 33 heavy (non-hydrogen) atoms. The lowest BCUT2D eigenvalue weighted by Crippen LogP contribution is -1.92. The Morgan fingerprint density at radius 2 is 1.45 bits per heavy atom. The van der Waals surface area contributed by atoms with E-state index in [2.05, 4.69) is 89.8 Å². The van der Waals surface area contributed by atoms with Crippen molar-refractivity contribution in [1.82, 2.24) is 14.5 Å². The Balaban J connectivity index is 0.000000249. The predicted molar refractivity (Wildman–Crippen MR) is 135 cm³/mol. The summed E-state index contributed by atoms with van der Waals surface area (Å²) in [6, 6.07) is 8.40. The maximum atomic E-state index is 8.81. The highest BCUT2D eigenvalue weighted by Crippen LogP contribution is 2.19. The molecule has 0 saturated carbocycles. The van der Waals surface area contributed by atoms with Crippen molar-refractivity contribution in [2.24, 2.45) is 0 Å². The van der Waals surface area contributed by atoms with Gasteiger partial charge in [-0.1, -0.05) is 47.6 Å². The van der Waals surface area contributed by atoms with Gasteiger partial charge in [-0.15, -0.1) is 0 Å². The van der Waals surface area contributed by atoms with Gasteiger partial charge in [0.25, 0.3) is 0 Å². The zero-order valence-electron chi connectivity index (χ0n) is 21.3. The van der Waals surface area contributed by atoms with Gasteiger partial charge in [-0.05, 0) is 59.9 Å². The van der Waals surface area contributed by atoms with Gasteiger partial charge in [-0.25, -0.2) is 0 Å². The smallest absolute Gasteiger partial charge is 0.101 e. The second-order valence-electron chi connectivity index (χ2n) is 8.90. The first kappa shape index (κ1) is 27.6. The molecule has 0 fully saturated rings. The van der Waals surface area contributed by atoms with Crippen molar-refractivity contribution in [3.8, 4) is 12.1 Å². The molecule has 0 N–H and O–H groups in total. The number of nitrogens with zero attached hydrogens (tertiary/aromatic N) is 5. The van der Waals surface area contributed by atoms with E-state index >= 15 is 0 Å². The van der Waals surface area contributed by atoms with Crippen molar-refractivity contribution in [2.45, 2.75) is 79.7 Å². The van der Waals surface area contributed by atoms with Gasteiger partial charge in [-0.3, -0.25) is 9.97 Å². The lowest BCUT2D eigenvalue weighted by atomic mass is 10.0. The van der Waals surface area contributed by atoms with Crippen molar-refractivity contribution >= 4 is 0 Å². The summed E-state index contributed by atoms with van der Waals surface area (Å²) >= 11 is 0. The third-order valence-corrected chi connectivity index (χ3v) is 5.18. The molecule has 0 unspecified atom stereocenters. The van der Waals surface area contributed by atoms with Gasteiger partial charge in [0.1, 0.15) is 12.1 Å². The van der Waals surface area contributed by atoms with E-state index in [1.807, 2.05) is 29.2 Å². The maximum absolute atomic E-state index is 8.81. The summed E-state index contributed by atoms with van der Waals surface area (Å²) in [4.78, 5) is 7.98. The van der Waals surface area contributed by atoms with Crippen LogP contribution < -0.4 is 0 Å². The minimum absolute atomic E-state index is 0.396. The third kappa shape index (κ3) is 8.91. The molecular weight excluding hydrogens is 406 g/mol. The summed E-state index contributed by atoms with van der Waals surface area (Å²) in [5.41, 5.74) is 6.28. The monoisotopic (exact) mass is 443 g/mol. The van der Waals surface area contributed by atoms with Gasteiger partial charge < -0.3 is 4.57 Å². The van der Waals surface area contributed by atoms with E-state index in [1.54, 1.807) is 12.4 Å². The fraction of sp³-hybridized carbons (Fsp3) is 0.429. The Morgan fingerprint density at radius 3 is 1.85 bits per heavy atom. The summed E-state index contributed by atoms with van der Waals surface area (Å²) in [6.45, 7) is 17.8. The van der Waals surface area contributed by atoms with Gasteiger partial charge in [0, 0.05) is 43.7 Å². The number of rotatable bonds is 4. The molecular formula is C28H37N5. The minimum Gasteiger partial charge on any atom is -0.353 e. The lowest BCUT2D eigenvalue weighted by Gasteiger charge is -2.04.